The molecule has 1 aliphatic rings. The van der Waals surface area contributed by atoms with Crippen LogP contribution in [-0.2, 0) is 14.3 Å². The molecule has 106 valence electrons. The van der Waals surface area contributed by atoms with Crippen LogP contribution in [0.1, 0.15) is 39.5 Å². The summed E-state index contributed by atoms with van der Waals surface area (Å²) >= 11 is 0. The third-order valence-corrected chi connectivity index (χ3v) is 3.64. The summed E-state index contributed by atoms with van der Waals surface area (Å²) in [6, 6.07) is 0.202. The second kappa shape index (κ2) is 7.71. The molecule has 1 aliphatic heterocycles. The molecule has 1 amide bonds. The van der Waals surface area contributed by atoms with Crippen LogP contribution < -0.4 is 11.1 Å². The van der Waals surface area contributed by atoms with E-state index in [9.17, 15) is 4.79 Å². The third-order valence-electron chi connectivity index (χ3n) is 3.64. The summed E-state index contributed by atoms with van der Waals surface area (Å²) in [5.41, 5.74) is 5.24. The van der Waals surface area contributed by atoms with E-state index in [4.69, 9.17) is 15.2 Å². The normalized spacial score (nSPS) is 22.7. The van der Waals surface area contributed by atoms with E-state index in [1.165, 1.54) is 0 Å². The van der Waals surface area contributed by atoms with E-state index in [1.54, 1.807) is 0 Å². The summed E-state index contributed by atoms with van der Waals surface area (Å²) in [4.78, 5) is 11.7. The molecular weight excluding hydrogens is 232 g/mol. The Morgan fingerprint density at radius 1 is 1.50 bits per heavy atom. The van der Waals surface area contributed by atoms with Crippen molar-refractivity contribution in [3.8, 4) is 0 Å². The molecule has 0 aromatic rings. The SMILES string of the molecule is CCC1(CC)CC(NC(=O)COCCN)CCO1. The molecular formula is C13H26N2O3. The Labute approximate surface area is 109 Å². The van der Waals surface area contributed by atoms with Gasteiger partial charge in [0.1, 0.15) is 6.61 Å². The molecule has 5 nitrogen and oxygen atoms in total. The lowest BCUT2D eigenvalue weighted by atomic mass is 9.86. The van der Waals surface area contributed by atoms with Crippen molar-refractivity contribution < 1.29 is 14.3 Å². The van der Waals surface area contributed by atoms with Crippen LogP contribution >= 0.6 is 0 Å². The predicted octanol–water partition coefficient (Wildman–Crippen LogP) is 0.816. The number of nitrogens with two attached hydrogens (primary N) is 1. The van der Waals surface area contributed by atoms with Crippen molar-refractivity contribution in [2.45, 2.75) is 51.2 Å². The van der Waals surface area contributed by atoms with Gasteiger partial charge in [-0.05, 0) is 25.7 Å². The van der Waals surface area contributed by atoms with E-state index in [0.29, 0.717) is 13.2 Å². The van der Waals surface area contributed by atoms with E-state index in [-0.39, 0.29) is 24.2 Å². The lowest BCUT2D eigenvalue weighted by Crippen LogP contribution is -2.48. The van der Waals surface area contributed by atoms with Gasteiger partial charge in [0.2, 0.25) is 5.91 Å². The molecule has 0 aromatic carbocycles. The molecule has 1 saturated heterocycles. The van der Waals surface area contributed by atoms with Gasteiger partial charge in [-0.1, -0.05) is 13.8 Å². The zero-order valence-corrected chi connectivity index (χ0v) is 11.5. The maximum absolute atomic E-state index is 11.7. The first-order chi connectivity index (χ1) is 8.65. The van der Waals surface area contributed by atoms with Crippen LogP contribution in [0.3, 0.4) is 0 Å². The monoisotopic (exact) mass is 258 g/mol. The highest BCUT2D eigenvalue weighted by Gasteiger charge is 2.34. The van der Waals surface area contributed by atoms with Crippen molar-refractivity contribution in [2.75, 3.05) is 26.4 Å². The van der Waals surface area contributed by atoms with Gasteiger partial charge in [0.25, 0.3) is 0 Å². The molecule has 5 heteroatoms. The molecule has 3 N–H and O–H groups in total. The van der Waals surface area contributed by atoms with Gasteiger partial charge in [0.05, 0.1) is 12.2 Å². The first kappa shape index (κ1) is 15.4. The fourth-order valence-corrected chi connectivity index (χ4v) is 2.41. The van der Waals surface area contributed by atoms with Crippen molar-refractivity contribution in [1.82, 2.24) is 5.32 Å². The maximum Gasteiger partial charge on any atom is 0.246 e. The van der Waals surface area contributed by atoms with Crippen molar-refractivity contribution in [3.63, 3.8) is 0 Å². The van der Waals surface area contributed by atoms with E-state index >= 15 is 0 Å². The molecule has 1 heterocycles. The van der Waals surface area contributed by atoms with E-state index in [0.717, 1.165) is 32.3 Å². The van der Waals surface area contributed by atoms with Crippen LogP contribution in [0.15, 0.2) is 0 Å². The van der Waals surface area contributed by atoms with Crippen molar-refractivity contribution in [2.24, 2.45) is 5.73 Å². The topological polar surface area (TPSA) is 73.6 Å². The number of ether oxygens (including phenoxy) is 2. The Bertz CT molecular complexity index is 255. The summed E-state index contributed by atoms with van der Waals surface area (Å²) in [5.74, 6) is -0.0588. The summed E-state index contributed by atoms with van der Waals surface area (Å²) in [7, 11) is 0. The lowest BCUT2D eigenvalue weighted by molar-refractivity contribution is -0.130. The number of carbonyl (C=O) groups is 1. The van der Waals surface area contributed by atoms with E-state index in [1.807, 2.05) is 0 Å². The first-order valence-corrected chi connectivity index (χ1v) is 6.87. The predicted molar refractivity (Wildman–Crippen MR) is 70.3 cm³/mol. The summed E-state index contributed by atoms with van der Waals surface area (Å²) in [5, 5.41) is 3.02. The highest BCUT2D eigenvalue weighted by Crippen LogP contribution is 2.31. The lowest BCUT2D eigenvalue weighted by Gasteiger charge is -2.40. The quantitative estimate of drug-likeness (QED) is 0.663. The molecule has 0 bridgehead atoms. The molecule has 1 fully saturated rings. The fourth-order valence-electron chi connectivity index (χ4n) is 2.41. The number of rotatable bonds is 7. The minimum absolute atomic E-state index is 0.0588. The Kier molecular flexibility index (Phi) is 6.60. The Hall–Kier alpha value is -0.650. The van der Waals surface area contributed by atoms with Crippen molar-refractivity contribution >= 4 is 5.91 Å². The second-order valence-electron chi connectivity index (χ2n) is 4.84. The van der Waals surface area contributed by atoms with Crippen molar-refractivity contribution in [3.05, 3.63) is 0 Å². The molecule has 0 spiro atoms. The average Bonchev–Trinajstić information content (AvgIpc) is 2.39. The first-order valence-electron chi connectivity index (χ1n) is 6.87. The van der Waals surface area contributed by atoms with Gasteiger partial charge in [-0.3, -0.25) is 4.79 Å². The Morgan fingerprint density at radius 3 is 2.83 bits per heavy atom. The third kappa shape index (κ3) is 4.55. The molecule has 0 saturated carbocycles. The van der Waals surface area contributed by atoms with Crippen molar-refractivity contribution in [1.29, 1.82) is 0 Å². The van der Waals surface area contributed by atoms with Crippen LogP contribution in [0.5, 0.6) is 0 Å². The Morgan fingerprint density at radius 2 is 2.22 bits per heavy atom. The van der Waals surface area contributed by atoms with Gasteiger partial charge in [-0.25, -0.2) is 0 Å². The average molecular weight is 258 g/mol. The highest BCUT2D eigenvalue weighted by molar-refractivity contribution is 5.77. The minimum Gasteiger partial charge on any atom is -0.375 e. The van der Waals surface area contributed by atoms with Crippen LogP contribution in [0.4, 0.5) is 0 Å². The smallest absolute Gasteiger partial charge is 0.246 e. The largest absolute Gasteiger partial charge is 0.375 e. The highest BCUT2D eigenvalue weighted by atomic mass is 16.5. The Balaban J connectivity index is 2.35. The van der Waals surface area contributed by atoms with Crippen LogP contribution in [0.2, 0.25) is 0 Å². The summed E-state index contributed by atoms with van der Waals surface area (Å²) < 4.78 is 11.0. The van der Waals surface area contributed by atoms with Gasteiger partial charge in [0, 0.05) is 19.2 Å². The standard InChI is InChI=1S/C13H26N2O3/c1-3-13(4-2)9-11(5-7-18-13)15-12(16)10-17-8-6-14/h11H,3-10,14H2,1-2H3,(H,15,16). The number of nitrogens with one attached hydrogen (secondary N) is 1. The number of hydrogen-bond donors (Lipinski definition) is 2. The zero-order valence-electron chi connectivity index (χ0n) is 11.5. The minimum atomic E-state index is -0.0612. The number of hydrogen-bond acceptors (Lipinski definition) is 4. The van der Waals surface area contributed by atoms with E-state index < -0.39 is 0 Å². The van der Waals surface area contributed by atoms with Gasteiger partial charge < -0.3 is 20.5 Å². The fraction of sp³-hybridized carbons (Fsp3) is 0.923. The molecule has 1 unspecified atom stereocenters. The van der Waals surface area contributed by atoms with Gasteiger partial charge in [0.15, 0.2) is 0 Å². The molecule has 18 heavy (non-hydrogen) atoms. The summed E-state index contributed by atoms with van der Waals surface area (Å²) in [6.07, 6.45) is 3.74. The molecule has 0 aromatic heterocycles. The van der Waals surface area contributed by atoms with Gasteiger partial charge in [-0.2, -0.15) is 0 Å². The molecule has 1 rings (SSSR count). The van der Waals surface area contributed by atoms with Gasteiger partial charge in [-0.15, -0.1) is 0 Å². The van der Waals surface area contributed by atoms with Crippen LogP contribution in [0.25, 0.3) is 0 Å². The maximum atomic E-state index is 11.7. The zero-order chi connectivity index (χ0) is 13.4. The van der Waals surface area contributed by atoms with Crippen LogP contribution in [0, 0.1) is 0 Å². The molecule has 0 aliphatic carbocycles. The van der Waals surface area contributed by atoms with Gasteiger partial charge >= 0.3 is 0 Å². The number of amides is 1. The molecule has 0 radical (unpaired) electrons. The number of carbonyl (C=O) groups excluding carboxylic acids is 1. The van der Waals surface area contributed by atoms with E-state index in [2.05, 4.69) is 19.2 Å². The summed E-state index contributed by atoms with van der Waals surface area (Å²) in [6.45, 7) is 5.96. The van der Waals surface area contributed by atoms with Crippen LogP contribution in [-0.4, -0.2) is 43.9 Å². The second-order valence-corrected chi connectivity index (χ2v) is 4.84. The molecule has 1 atom stereocenters.